The number of aryl methyl sites for hydroxylation is 1. The van der Waals surface area contributed by atoms with Gasteiger partial charge in [-0.3, -0.25) is 9.59 Å². The number of fused-ring (bicyclic) bond motifs is 1. The lowest BCUT2D eigenvalue weighted by molar-refractivity contribution is -0.121. The summed E-state index contributed by atoms with van der Waals surface area (Å²) in [6.07, 6.45) is 2.63. The van der Waals surface area contributed by atoms with Crippen LogP contribution in [0.2, 0.25) is 5.02 Å². The highest BCUT2D eigenvalue weighted by Crippen LogP contribution is 2.42. The van der Waals surface area contributed by atoms with Crippen LogP contribution in [-0.4, -0.2) is 60.7 Å². The third kappa shape index (κ3) is 5.74. The molecule has 1 unspecified atom stereocenters. The molecule has 0 aliphatic carbocycles. The zero-order chi connectivity index (χ0) is 26.6. The summed E-state index contributed by atoms with van der Waals surface area (Å²) in [5, 5.41) is 3.33. The highest BCUT2D eigenvalue weighted by atomic mass is 35.5. The van der Waals surface area contributed by atoms with Gasteiger partial charge in [0.15, 0.2) is 0 Å². The first-order chi connectivity index (χ1) is 18.4. The van der Waals surface area contributed by atoms with Gasteiger partial charge in [-0.05, 0) is 41.8 Å². The molecule has 0 bridgehead atoms. The van der Waals surface area contributed by atoms with E-state index in [9.17, 15) is 9.59 Å². The Morgan fingerprint density at radius 1 is 1.13 bits per heavy atom. The zero-order valence-corrected chi connectivity index (χ0v) is 21.5. The van der Waals surface area contributed by atoms with Gasteiger partial charge in [-0.2, -0.15) is 0 Å². The molecule has 2 aromatic carbocycles. The number of nitrogens with zero attached hydrogens (tertiary/aromatic N) is 2. The average Bonchev–Trinajstić information content (AvgIpc) is 3.37. The topological polar surface area (TPSA) is 107 Å². The van der Waals surface area contributed by atoms with E-state index < -0.39 is 5.82 Å². The van der Waals surface area contributed by atoms with Gasteiger partial charge in [0.05, 0.1) is 24.8 Å². The van der Waals surface area contributed by atoms with E-state index in [1.165, 1.54) is 6.07 Å². The van der Waals surface area contributed by atoms with Crippen molar-refractivity contribution in [2.75, 3.05) is 38.6 Å². The van der Waals surface area contributed by atoms with Crippen molar-refractivity contribution in [1.82, 2.24) is 15.2 Å². The maximum Gasteiger partial charge on any atom is 0.254 e. The molecule has 2 amide bonds. The predicted octanol–water partition coefficient (Wildman–Crippen LogP) is 3.65. The van der Waals surface area contributed by atoms with Crippen LogP contribution >= 0.6 is 11.6 Å². The third-order valence-electron chi connectivity index (χ3n) is 6.75. The molecule has 5 rings (SSSR count). The van der Waals surface area contributed by atoms with Crippen molar-refractivity contribution in [3.05, 3.63) is 76.2 Å². The Morgan fingerprint density at radius 3 is 2.66 bits per heavy atom. The van der Waals surface area contributed by atoms with E-state index in [1.54, 1.807) is 41.4 Å². The van der Waals surface area contributed by atoms with Crippen molar-refractivity contribution in [1.29, 1.82) is 0 Å². The molecule has 3 heterocycles. The fourth-order valence-electron chi connectivity index (χ4n) is 4.70. The summed E-state index contributed by atoms with van der Waals surface area (Å²) >= 11 is 6.40. The normalized spacial score (nSPS) is 16.6. The number of nitrogens with one attached hydrogen (secondary N) is 1. The monoisotopic (exact) mass is 538 g/mol. The maximum atomic E-state index is 15.3. The van der Waals surface area contributed by atoms with Crippen LogP contribution in [-0.2, 0) is 22.4 Å². The number of nitrogens with two attached hydrogens (primary N) is 1. The van der Waals surface area contributed by atoms with Crippen LogP contribution in [0.3, 0.4) is 0 Å². The van der Waals surface area contributed by atoms with Gasteiger partial charge >= 0.3 is 0 Å². The molecule has 8 nitrogen and oxygen atoms in total. The van der Waals surface area contributed by atoms with Crippen molar-refractivity contribution in [2.24, 2.45) is 0 Å². The minimum Gasteiger partial charge on any atom is -0.486 e. The number of aromatic nitrogens is 1. The molecule has 1 atom stereocenters. The molecule has 1 saturated heterocycles. The first-order valence-corrected chi connectivity index (χ1v) is 12.9. The molecule has 10 heteroatoms. The second kappa shape index (κ2) is 11.4. The fraction of sp³-hybridized carbons (Fsp3) is 0.321. The number of pyridine rings is 1. The minimum atomic E-state index is -0.498. The second-order valence-electron chi connectivity index (χ2n) is 9.34. The van der Waals surface area contributed by atoms with Crippen molar-refractivity contribution in [2.45, 2.75) is 25.4 Å². The average molecular weight is 539 g/mol. The first kappa shape index (κ1) is 25.9. The number of carbonyl (C=O) groups is 2. The highest BCUT2D eigenvalue weighted by molar-refractivity contribution is 6.32. The summed E-state index contributed by atoms with van der Waals surface area (Å²) < 4.78 is 26.6. The van der Waals surface area contributed by atoms with E-state index in [-0.39, 0.29) is 17.9 Å². The number of hydrogen-bond donors (Lipinski definition) is 2. The summed E-state index contributed by atoms with van der Waals surface area (Å²) in [7, 11) is 0. The first-order valence-electron chi connectivity index (χ1n) is 12.5. The van der Waals surface area contributed by atoms with Crippen LogP contribution in [0.4, 0.5) is 10.2 Å². The standard InChI is InChI=1S/C28H28ClFN4O4/c29-23-6-5-20(21-4-3-18(13-24(21)30)28(36)34-9-11-37-12-10-34)22-14-19(38-27(22)23)16-33-26(35)8-2-17-1-7-25(31)32-15-17/h1,3-7,13,15,19H,2,8-12,14,16H2,(H2,31,32)(H,33,35). The molecule has 38 heavy (non-hydrogen) atoms. The summed E-state index contributed by atoms with van der Waals surface area (Å²) in [6.45, 7) is 2.22. The van der Waals surface area contributed by atoms with Crippen LogP contribution in [0.5, 0.6) is 5.75 Å². The largest absolute Gasteiger partial charge is 0.486 e. The zero-order valence-electron chi connectivity index (χ0n) is 20.7. The Hall–Kier alpha value is -3.69. The van der Waals surface area contributed by atoms with E-state index in [0.29, 0.717) is 85.4 Å². The third-order valence-corrected chi connectivity index (χ3v) is 7.05. The van der Waals surface area contributed by atoms with Crippen LogP contribution < -0.4 is 15.8 Å². The van der Waals surface area contributed by atoms with Crippen molar-refractivity contribution in [3.63, 3.8) is 0 Å². The van der Waals surface area contributed by atoms with Crippen LogP contribution in [0.25, 0.3) is 11.1 Å². The number of halogens is 2. The number of anilines is 1. The van der Waals surface area contributed by atoms with Gasteiger partial charge in [0.2, 0.25) is 5.91 Å². The number of ether oxygens (including phenoxy) is 2. The quantitative estimate of drug-likeness (QED) is 0.475. The van der Waals surface area contributed by atoms with Gasteiger partial charge in [0, 0.05) is 48.8 Å². The lowest BCUT2D eigenvalue weighted by Gasteiger charge is -2.27. The number of hydrogen-bond acceptors (Lipinski definition) is 6. The minimum absolute atomic E-state index is 0.112. The van der Waals surface area contributed by atoms with Crippen molar-refractivity contribution in [3.8, 4) is 16.9 Å². The number of benzene rings is 2. The molecule has 1 aromatic heterocycles. The van der Waals surface area contributed by atoms with E-state index in [1.807, 2.05) is 6.07 Å². The van der Waals surface area contributed by atoms with E-state index in [0.717, 1.165) is 11.1 Å². The summed E-state index contributed by atoms with van der Waals surface area (Å²) in [5.41, 5.74) is 8.61. The molecular weight excluding hydrogens is 511 g/mol. The number of nitrogen functional groups attached to an aromatic ring is 1. The van der Waals surface area contributed by atoms with Crippen molar-refractivity contribution >= 4 is 29.2 Å². The van der Waals surface area contributed by atoms with Crippen LogP contribution in [0, 0.1) is 5.82 Å². The Kier molecular flexibility index (Phi) is 7.76. The van der Waals surface area contributed by atoms with E-state index in [4.69, 9.17) is 26.8 Å². The summed E-state index contributed by atoms with van der Waals surface area (Å²) in [4.78, 5) is 30.9. The lowest BCUT2D eigenvalue weighted by atomic mass is 9.95. The summed E-state index contributed by atoms with van der Waals surface area (Å²) in [5.74, 6) is 0.101. The Morgan fingerprint density at radius 2 is 1.92 bits per heavy atom. The Balaban J connectivity index is 1.24. The number of amides is 2. The van der Waals surface area contributed by atoms with Gasteiger partial charge < -0.3 is 25.4 Å². The molecular formula is C28H28ClFN4O4. The highest BCUT2D eigenvalue weighted by Gasteiger charge is 2.29. The predicted molar refractivity (Wildman–Crippen MR) is 142 cm³/mol. The Labute approximate surface area is 224 Å². The van der Waals surface area contributed by atoms with Gasteiger partial charge in [0.25, 0.3) is 5.91 Å². The van der Waals surface area contributed by atoms with Crippen LogP contribution in [0.15, 0.2) is 48.7 Å². The van der Waals surface area contributed by atoms with Gasteiger partial charge in [-0.1, -0.05) is 29.8 Å². The van der Waals surface area contributed by atoms with Gasteiger partial charge in [-0.25, -0.2) is 9.37 Å². The molecule has 198 valence electrons. The summed E-state index contributed by atoms with van der Waals surface area (Å²) in [6, 6.07) is 11.5. The molecule has 2 aliphatic heterocycles. The van der Waals surface area contributed by atoms with Crippen LogP contribution in [0.1, 0.15) is 27.9 Å². The molecule has 3 N–H and O–H groups in total. The number of rotatable bonds is 7. The Bertz CT molecular complexity index is 1350. The molecule has 1 fully saturated rings. The van der Waals surface area contributed by atoms with Gasteiger partial charge in [0.1, 0.15) is 23.5 Å². The lowest BCUT2D eigenvalue weighted by Crippen LogP contribution is -2.40. The molecule has 0 saturated carbocycles. The smallest absolute Gasteiger partial charge is 0.254 e. The maximum absolute atomic E-state index is 15.3. The number of carbonyl (C=O) groups excluding carboxylic acids is 2. The van der Waals surface area contributed by atoms with E-state index >= 15 is 4.39 Å². The van der Waals surface area contributed by atoms with Gasteiger partial charge in [-0.15, -0.1) is 0 Å². The molecule has 3 aromatic rings. The van der Waals surface area contributed by atoms with Crippen molar-refractivity contribution < 1.29 is 23.5 Å². The van der Waals surface area contributed by atoms with E-state index in [2.05, 4.69) is 10.3 Å². The molecule has 0 radical (unpaired) electrons. The fourth-order valence-corrected chi connectivity index (χ4v) is 4.93. The number of morpholine rings is 1. The molecule has 2 aliphatic rings. The SMILES string of the molecule is Nc1ccc(CCC(=O)NCC2Cc3c(-c4ccc(C(=O)N5CCOCC5)cc4F)ccc(Cl)c3O2)cn1. The molecule has 0 spiro atoms. The second-order valence-corrected chi connectivity index (χ2v) is 9.75.